The standard InChI is InChI=1S/C20H19N5O3/c1-28-14-8-9-17(22-13-14)23-18(26)7-4-12-25-19-15(5-2-10-21-19)24-11-3-6-16(24)20(25)27/h2-3,5-6,8-11,13H,4,7,12H2,1H3,(H,22,23,26). The fourth-order valence-corrected chi connectivity index (χ4v) is 3.17. The van der Waals surface area contributed by atoms with Gasteiger partial charge in [-0.3, -0.25) is 14.2 Å². The van der Waals surface area contributed by atoms with E-state index in [1.807, 2.05) is 28.8 Å². The summed E-state index contributed by atoms with van der Waals surface area (Å²) in [4.78, 5) is 33.5. The minimum absolute atomic E-state index is 0.117. The van der Waals surface area contributed by atoms with Gasteiger partial charge in [-0.15, -0.1) is 0 Å². The molecule has 0 spiro atoms. The maximum Gasteiger partial charge on any atom is 0.276 e. The number of carbonyl (C=O) groups is 1. The number of hydrogen-bond donors (Lipinski definition) is 1. The lowest BCUT2D eigenvalue weighted by atomic mass is 10.2. The van der Waals surface area contributed by atoms with Crippen LogP contribution >= 0.6 is 0 Å². The second kappa shape index (κ2) is 7.51. The van der Waals surface area contributed by atoms with Crippen molar-refractivity contribution in [2.45, 2.75) is 19.4 Å². The molecule has 0 saturated carbocycles. The normalized spacial score (nSPS) is 11.0. The molecule has 0 atom stereocenters. The molecule has 8 nitrogen and oxygen atoms in total. The first-order valence-electron chi connectivity index (χ1n) is 8.92. The molecule has 0 radical (unpaired) electrons. The SMILES string of the molecule is COc1ccc(NC(=O)CCCn2c(=O)c3cccn3c3cccnc32)nc1. The number of hydrogen-bond acceptors (Lipinski definition) is 5. The van der Waals surface area contributed by atoms with Crippen LogP contribution in [0.4, 0.5) is 5.82 Å². The lowest BCUT2D eigenvalue weighted by molar-refractivity contribution is -0.116. The number of nitrogens with one attached hydrogen (secondary N) is 1. The van der Waals surface area contributed by atoms with Crippen molar-refractivity contribution in [3.05, 3.63) is 65.3 Å². The van der Waals surface area contributed by atoms with E-state index in [0.29, 0.717) is 35.7 Å². The van der Waals surface area contributed by atoms with Crippen LogP contribution in [0.25, 0.3) is 16.7 Å². The van der Waals surface area contributed by atoms with E-state index >= 15 is 0 Å². The summed E-state index contributed by atoms with van der Waals surface area (Å²) in [6, 6.07) is 10.8. The Morgan fingerprint density at radius 1 is 1.14 bits per heavy atom. The molecule has 1 N–H and O–H groups in total. The second-order valence-corrected chi connectivity index (χ2v) is 6.30. The van der Waals surface area contributed by atoms with Crippen LogP contribution in [0.15, 0.2) is 59.8 Å². The molecule has 142 valence electrons. The maximum atomic E-state index is 12.8. The summed E-state index contributed by atoms with van der Waals surface area (Å²) in [5, 5.41) is 2.74. The third kappa shape index (κ3) is 3.32. The maximum absolute atomic E-state index is 12.8. The smallest absolute Gasteiger partial charge is 0.276 e. The Bertz CT molecular complexity index is 1190. The van der Waals surface area contributed by atoms with Gasteiger partial charge < -0.3 is 14.5 Å². The van der Waals surface area contributed by atoms with Crippen molar-refractivity contribution in [3.63, 3.8) is 0 Å². The van der Waals surface area contributed by atoms with Gasteiger partial charge in [0.25, 0.3) is 5.56 Å². The average Bonchev–Trinajstić information content (AvgIpc) is 3.21. The van der Waals surface area contributed by atoms with Crippen LogP contribution in [-0.4, -0.2) is 32.0 Å². The van der Waals surface area contributed by atoms with Crippen molar-refractivity contribution in [1.29, 1.82) is 0 Å². The molecule has 0 aromatic carbocycles. The minimum atomic E-state index is -0.160. The number of methoxy groups -OCH3 is 1. The molecular weight excluding hydrogens is 358 g/mol. The Kier molecular flexibility index (Phi) is 4.76. The molecule has 0 bridgehead atoms. The monoisotopic (exact) mass is 377 g/mol. The zero-order valence-corrected chi connectivity index (χ0v) is 15.3. The van der Waals surface area contributed by atoms with E-state index in [-0.39, 0.29) is 17.9 Å². The zero-order valence-electron chi connectivity index (χ0n) is 15.3. The summed E-state index contributed by atoms with van der Waals surface area (Å²) < 4.78 is 8.51. The highest BCUT2D eigenvalue weighted by molar-refractivity contribution is 5.89. The Morgan fingerprint density at radius 3 is 2.79 bits per heavy atom. The molecule has 1 amide bonds. The number of fused-ring (bicyclic) bond motifs is 3. The molecule has 28 heavy (non-hydrogen) atoms. The topological polar surface area (TPSA) is 90.5 Å². The summed E-state index contributed by atoms with van der Waals surface area (Å²) >= 11 is 0. The van der Waals surface area contributed by atoms with Gasteiger partial charge in [-0.25, -0.2) is 9.97 Å². The fraction of sp³-hybridized carbons (Fsp3) is 0.200. The lowest BCUT2D eigenvalue weighted by Gasteiger charge is -2.11. The Labute approximate surface area is 160 Å². The number of aromatic nitrogens is 4. The van der Waals surface area contributed by atoms with Crippen LogP contribution in [0.3, 0.4) is 0 Å². The highest BCUT2D eigenvalue weighted by Crippen LogP contribution is 2.14. The first-order chi connectivity index (χ1) is 13.7. The Hall–Kier alpha value is -3.68. The molecule has 0 fully saturated rings. The van der Waals surface area contributed by atoms with Crippen LogP contribution in [0.2, 0.25) is 0 Å². The molecule has 4 aromatic rings. The van der Waals surface area contributed by atoms with Gasteiger partial charge in [-0.1, -0.05) is 0 Å². The van der Waals surface area contributed by atoms with Crippen molar-refractivity contribution in [1.82, 2.24) is 18.9 Å². The van der Waals surface area contributed by atoms with Crippen molar-refractivity contribution in [3.8, 4) is 5.75 Å². The highest BCUT2D eigenvalue weighted by atomic mass is 16.5. The van der Waals surface area contributed by atoms with Crippen molar-refractivity contribution in [2.24, 2.45) is 0 Å². The number of aryl methyl sites for hydroxylation is 1. The number of ether oxygens (including phenoxy) is 1. The summed E-state index contributed by atoms with van der Waals surface area (Å²) in [6.45, 7) is 0.400. The fourth-order valence-electron chi connectivity index (χ4n) is 3.17. The second-order valence-electron chi connectivity index (χ2n) is 6.30. The van der Waals surface area contributed by atoms with E-state index in [4.69, 9.17) is 4.74 Å². The first kappa shape index (κ1) is 17.7. The van der Waals surface area contributed by atoms with Crippen LogP contribution < -0.4 is 15.6 Å². The lowest BCUT2D eigenvalue weighted by Crippen LogP contribution is -2.24. The van der Waals surface area contributed by atoms with Gasteiger partial charge in [0.1, 0.15) is 17.1 Å². The van der Waals surface area contributed by atoms with Crippen LogP contribution in [0.5, 0.6) is 5.75 Å². The van der Waals surface area contributed by atoms with Gasteiger partial charge in [0.2, 0.25) is 5.91 Å². The molecule has 0 unspecified atom stereocenters. The van der Waals surface area contributed by atoms with Crippen molar-refractivity contribution >= 4 is 28.4 Å². The van der Waals surface area contributed by atoms with Crippen LogP contribution in [-0.2, 0) is 11.3 Å². The predicted molar refractivity (Wildman–Crippen MR) is 106 cm³/mol. The van der Waals surface area contributed by atoms with Crippen LogP contribution in [0, 0.1) is 0 Å². The molecule has 0 aliphatic rings. The average molecular weight is 377 g/mol. The minimum Gasteiger partial charge on any atom is -0.495 e. The highest BCUT2D eigenvalue weighted by Gasteiger charge is 2.12. The van der Waals surface area contributed by atoms with Gasteiger partial charge in [0, 0.05) is 25.4 Å². The first-order valence-corrected chi connectivity index (χ1v) is 8.92. The van der Waals surface area contributed by atoms with E-state index in [2.05, 4.69) is 15.3 Å². The molecule has 0 saturated heterocycles. The summed E-state index contributed by atoms with van der Waals surface area (Å²) in [7, 11) is 1.56. The Balaban J connectivity index is 1.48. The van der Waals surface area contributed by atoms with Gasteiger partial charge in [0.05, 0.1) is 18.8 Å². The molecule has 4 aromatic heterocycles. The van der Waals surface area contributed by atoms with E-state index in [1.165, 1.54) is 0 Å². The zero-order chi connectivity index (χ0) is 19.5. The van der Waals surface area contributed by atoms with Gasteiger partial charge in [-0.2, -0.15) is 0 Å². The molecule has 4 rings (SSSR count). The number of anilines is 1. The molecule has 8 heteroatoms. The van der Waals surface area contributed by atoms with Crippen LogP contribution in [0.1, 0.15) is 12.8 Å². The number of carbonyl (C=O) groups excluding carboxylic acids is 1. The predicted octanol–water partition coefficient (Wildman–Crippen LogP) is 2.47. The summed E-state index contributed by atoms with van der Waals surface area (Å²) in [6.07, 6.45) is 5.82. The van der Waals surface area contributed by atoms with Crippen molar-refractivity contribution in [2.75, 3.05) is 12.4 Å². The molecule has 0 aliphatic carbocycles. The summed E-state index contributed by atoms with van der Waals surface area (Å²) in [5.41, 5.74) is 1.93. The molecule has 0 aliphatic heterocycles. The number of pyridine rings is 2. The largest absolute Gasteiger partial charge is 0.495 e. The molecular formula is C20H19N5O3. The molecule has 4 heterocycles. The third-order valence-electron chi connectivity index (χ3n) is 4.52. The number of nitrogens with zero attached hydrogens (tertiary/aromatic N) is 4. The van der Waals surface area contributed by atoms with E-state index in [0.717, 1.165) is 5.52 Å². The third-order valence-corrected chi connectivity index (χ3v) is 4.52. The summed E-state index contributed by atoms with van der Waals surface area (Å²) in [5.74, 6) is 0.925. The number of rotatable bonds is 6. The van der Waals surface area contributed by atoms with E-state index < -0.39 is 0 Å². The van der Waals surface area contributed by atoms with E-state index in [9.17, 15) is 9.59 Å². The van der Waals surface area contributed by atoms with E-state index in [1.54, 1.807) is 42.3 Å². The Morgan fingerprint density at radius 2 is 2.00 bits per heavy atom. The number of amides is 1. The van der Waals surface area contributed by atoms with Gasteiger partial charge in [0.15, 0.2) is 5.65 Å². The quantitative estimate of drug-likeness (QED) is 0.557. The van der Waals surface area contributed by atoms with Gasteiger partial charge >= 0.3 is 0 Å². The van der Waals surface area contributed by atoms with Crippen molar-refractivity contribution < 1.29 is 9.53 Å². The van der Waals surface area contributed by atoms with Gasteiger partial charge in [-0.05, 0) is 42.8 Å².